The fourth-order valence-corrected chi connectivity index (χ4v) is 2.14. The number of primary amides is 1. The molecule has 0 atom stereocenters. The van der Waals surface area contributed by atoms with Crippen LogP contribution in [0.2, 0.25) is 0 Å². The third-order valence-corrected chi connectivity index (χ3v) is 3.27. The summed E-state index contributed by atoms with van der Waals surface area (Å²) in [7, 11) is 0. The van der Waals surface area contributed by atoms with Gasteiger partial charge in [-0.15, -0.1) is 0 Å². The molecule has 2 aromatic carbocycles. The molecular weight excluding hydrogens is 255 g/mol. The van der Waals surface area contributed by atoms with Crippen LogP contribution in [0.3, 0.4) is 0 Å². The summed E-state index contributed by atoms with van der Waals surface area (Å²) < 4.78 is 13.7. The van der Waals surface area contributed by atoms with E-state index in [-0.39, 0.29) is 5.82 Å². The largest absolute Gasteiger partial charge is 0.380 e. The van der Waals surface area contributed by atoms with Crippen LogP contribution in [0.5, 0.6) is 0 Å². The lowest BCUT2D eigenvalue weighted by molar-refractivity contribution is 0.1000. The molecule has 104 valence electrons. The van der Waals surface area contributed by atoms with Crippen LogP contribution < -0.4 is 11.1 Å². The molecule has 3 nitrogen and oxygen atoms in total. The van der Waals surface area contributed by atoms with Crippen LogP contribution >= 0.6 is 0 Å². The number of halogens is 1. The zero-order valence-electron chi connectivity index (χ0n) is 11.5. The van der Waals surface area contributed by atoms with Crippen LogP contribution in [0.15, 0.2) is 36.4 Å². The van der Waals surface area contributed by atoms with E-state index in [1.54, 1.807) is 0 Å². The molecule has 0 unspecified atom stereocenters. The van der Waals surface area contributed by atoms with E-state index in [4.69, 9.17) is 5.73 Å². The highest BCUT2D eigenvalue weighted by Gasteiger charge is 2.08. The number of benzene rings is 2. The highest BCUT2D eigenvalue weighted by molar-refractivity contribution is 5.92. The number of para-hydroxylation sites is 1. The molecule has 0 aromatic heterocycles. The maximum Gasteiger partial charge on any atom is 0.248 e. The summed E-state index contributed by atoms with van der Waals surface area (Å²) in [5, 5.41) is 3.21. The number of nitrogens with one attached hydrogen (secondary N) is 1. The third kappa shape index (κ3) is 2.96. The first-order valence-corrected chi connectivity index (χ1v) is 6.37. The first-order valence-electron chi connectivity index (χ1n) is 6.37. The fourth-order valence-electron chi connectivity index (χ4n) is 2.14. The summed E-state index contributed by atoms with van der Waals surface area (Å²) in [5.41, 5.74) is 9.11. The van der Waals surface area contributed by atoms with E-state index in [0.717, 1.165) is 16.8 Å². The Morgan fingerprint density at radius 2 is 1.85 bits per heavy atom. The van der Waals surface area contributed by atoms with Gasteiger partial charge >= 0.3 is 0 Å². The van der Waals surface area contributed by atoms with Crippen molar-refractivity contribution in [2.45, 2.75) is 20.4 Å². The van der Waals surface area contributed by atoms with Gasteiger partial charge in [0.2, 0.25) is 5.91 Å². The molecule has 0 bridgehead atoms. The van der Waals surface area contributed by atoms with Gasteiger partial charge in [0.15, 0.2) is 0 Å². The number of hydrogen-bond donors (Lipinski definition) is 2. The second-order valence-corrected chi connectivity index (χ2v) is 4.79. The van der Waals surface area contributed by atoms with E-state index in [2.05, 4.69) is 5.32 Å². The fraction of sp³-hybridized carbons (Fsp3) is 0.188. The third-order valence-electron chi connectivity index (χ3n) is 3.27. The lowest BCUT2D eigenvalue weighted by atomic mass is 10.1. The summed E-state index contributed by atoms with van der Waals surface area (Å²) in [5.74, 6) is -0.910. The maximum atomic E-state index is 13.7. The molecule has 0 aliphatic heterocycles. The number of nitrogens with two attached hydrogens (primary N) is 1. The molecule has 0 fully saturated rings. The van der Waals surface area contributed by atoms with Crippen molar-refractivity contribution in [2.24, 2.45) is 5.73 Å². The quantitative estimate of drug-likeness (QED) is 0.898. The van der Waals surface area contributed by atoms with Gasteiger partial charge in [-0.3, -0.25) is 4.79 Å². The Bertz CT molecular complexity index is 633. The van der Waals surface area contributed by atoms with Gasteiger partial charge in [0.1, 0.15) is 5.82 Å². The zero-order chi connectivity index (χ0) is 14.7. The Morgan fingerprint density at radius 3 is 2.45 bits per heavy atom. The monoisotopic (exact) mass is 272 g/mol. The van der Waals surface area contributed by atoms with E-state index in [1.807, 2.05) is 32.0 Å². The molecule has 2 rings (SSSR count). The van der Waals surface area contributed by atoms with Crippen molar-refractivity contribution < 1.29 is 9.18 Å². The van der Waals surface area contributed by atoms with E-state index in [0.29, 0.717) is 17.7 Å². The summed E-state index contributed by atoms with van der Waals surface area (Å²) in [4.78, 5) is 11.1. The molecule has 2 aromatic rings. The number of aryl methyl sites for hydroxylation is 2. The number of rotatable bonds is 4. The second-order valence-electron chi connectivity index (χ2n) is 4.79. The van der Waals surface area contributed by atoms with Gasteiger partial charge in [0.25, 0.3) is 0 Å². The minimum Gasteiger partial charge on any atom is -0.380 e. The summed E-state index contributed by atoms with van der Waals surface area (Å²) in [6.07, 6.45) is 0. The number of amides is 1. The van der Waals surface area contributed by atoms with Crippen molar-refractivity contribution in [3.63, 3.8) is 0 Å². The molecule has 1 amide bonds. The first-order chi connectivity index (χ1) is 9.49. The van der Waals surface area contributed by atoms with E-state index >= 15 is 0 Å². The number of carbonyl (C=O) groups excluding carboxylic acids is 1. The van der Waals surface area contributed by atoms with Gasteiger partial charge in [0.05, 0.1) is 0 Å². The lowest BCUT2D eigenvalue weighted by Crippen LogP contribution is -2.12. The van der Waals surface area contributed by atoms with Crippen molar-refractivity contribution >= 4 is 11.6 Å². The van der Waals surface area contributed by atoms with Crippen LogP contribution in [0.25, 0.3) is 0 Å². The average Bonchev–Trinajstić information content (AvgIpc) is 2.39. The van der Waals surface area contributed by atoms with Crippen molar-refractivity contribution in [3.8, 4) is 0 Å². The minimum absolute atomic E-state index is 0.304. The zero-order valence-corrected chi connectivity index (χ0v) is 11.5. The van der Waals surface area contributed by atoms with Crippen molar-refractivity contribution in [3.05, 3.63) is 64.5 Å². The average molecular weight is 272 g/mol. The van der Waals surface area contributed by atoms with E-state index < -0.39 is 5.91 Å². The van der Waals surface area contributed by atoms with Crippen LogP contribution in [-0.4, -0.2) is 5.91 Å². The molecule has 0 spiro atoms. The Hall–Kier alpha value is -2.36. The summed E-state index contributed by atoms with van der Waals surface area (Å²) >= 11 is 0. The molecule has 0 saturated heterocycles. The Morgan fingerprint density at radius 1 is 1.20 bits per heavy atom. The maximum absolute atomic E-state index is 13.7. The number of anilines is 1. The molecule has 3 N–H and O–H groups in total. The Labute approximate surface area is 117 Å². The van der Waals surface area contributed by atoms with Gasteiger partial charge in [0, 0.05) is 23.4 Å². The minimum atomic E-state index is -0.557. The van der Waals surface area contributed by atoms with Gasteiger partial charge in [-0.25, -0.2) is 4.39 Å². The number of hydrogen-bond acceptors (Lipinski definition) is 2. The molecular formula is C16H17FN2O. The highest BCUT2D eigenvalue weighted by atomic mass is 19.1. The predicted molar refractivity (Wildman–Crippen MR) is 78.2 cm³/mol. The molecule has 0 aliphatic rings. The predicted octanol–water partition coefficient (Wildman–Crippen LogP) is 3.15. The molecule has 20 heavy (non-hydrogen) atoms. The molecule has 0 radical (unpaired) electrons. The molecule has 4 heteroatoms. The molecule has 0 saturated carbocycles. The van der Waals surface area contributed by atoms with Gasteiger partial charge in [-0.1, -0.05) is 18.2 Å². The summed E-state index contributed by atoms with van der Waals surface area (Å²) in [6.45, 7) is 4.29. The standard InChI is InChI=1S/C16H17FN2O/c1-10-4-3-5-11(2)15(10)19-9-13-8-12(16(18)20)6-7-14(13)17/h3-8,19H,9H2,1-2H3,(H2,18,20). The molecule has 0 aliphatic carbocycles. The smallest absolute Gasteiger partial charge is 0.248 e. The van der Waals surface area contributed by atoms with Crippen LogP contribution in [0, 0.1) is 19.7 Å². The van der Waals surface area contributed by atoms with Crippen molar-refractivity contribution in [1.29, 1.82) is 0 Å². The van der Waals surface area contributed by atoms with Crippen LogP contribution in [-0.2, 0) is 6.54 Å². The van der Waals surface area contributed by atoms with E-state index in [1.165, 1.54) is 18.2 Å². The SMILES string of the molecule is Cc1cccc(C)c1NCc1cc(C(N)=O)ccc1F. The molecule has 0 heterocycles. The highest BCUT2D eigenvalue weighted by Crippen LogP contribution is 2.21. The van der Waals surface area contributed by atoms with E-state index in [9.17, 15) is 9.18 Å². The van der Waals surface area contributed by atoms with Crippen molar-refractivity contribution in [1.82, 2.24) is 0 Å². The van der Waals surface area contributed by atoms with Gasteiger partial charge in [-0.2, -0.15) is 0 Å². The topological polar surface area (TPSA) is 55.1 Å². The Balaban J connectivity index is 2.23. The Kier molecular flexibility index (Phi) is 4.03. The normalized spacial score (nSPS) is 10.3. The second kappa shape index (κ2) is 5.74. The van der Waals surface area contributed by atoms with Crippen LogP contribution in [0.1, 0.15) is 27.0 Å². The van der Waals surface area contributed by atoms with Gasteiger partial charge in [-0.05, 0) is 43.2 Å². The first kappa shape index (κ1) is 14.1. The van der Waals surface area contributed by atoms with Crippen molar-refractivity contribution in [2.75, 3.05) is 5.32 Å². The number of carbonyl (C=O) groups is 1. The lowest BCUT2D eigenvalue weighted by Gasteiger charge is -2.13. The summed E-state index contributed by atoms with van der Waals surface area (Å²) in [6, 6.07) is 10.1. The van der Waals surface area contributed by atoms with Crippen LogP contribution in [0.4, 0.5) is 10.1 Å². The van der Waals surface area contributed by atoms with Gasteiger partial charge < -0.3 is 11.1 Å².